The van der Waals surface area contributed by atoms with Gasteiger partial charge in [-0.1, -0.05) is 43.3 Å². The summed E-state index contributed by atoms with van der Waals surface area (Å²) in [6, 6.07) is 24.1. The molecule has 0 fully saturated rings. The summed E-state index contributed by atoms with van der Waals surface area (Å²) >= 11 is 0. The third-order valence-corrected chi connectivity index (χ3v) is 6.42. The number of hydrogen-bond donors (Lipinski definition) is 2. The van der Waals surface area contributed by atoms with E-state index < -0.39 is 0 Å². The van der Waals surface area contributed by atoms with Crippen molar-refractivity contribution in [1.82, 2.24) is 9.55 Å². The highest BCUT2D eigenvalue weighted by molar-refractivity contribution is 6.06. The number of hydrogen-bond acceptors (Lipinski definition) is 4. The van der Waals surface area contributed by atoms with Crippen LogP contribution in [0.25, 0.3) is 11.0 Å². The smallest absolute Gasteiger partial charge is 0.255 e. The van der Waals surface area contributed by atoms with E-state index in [-0.39, 0.29) is 11.9 Å². The Hall–Kier alpha value is -4.06. The lowest BCUT2D eigenvalue weighted by molar-refractivity contribution is -0.113. The number of rotatable bonds is 5. The molecule has 2 heterocycles. The fraction of sp³-hybridized carbons (Fsp3) is 0.214. The van der Waals surface area contributed by atoms with E-state index >= 15 is 0 Å². The molecule has 6 nitrogen and oxygen atoms in total. The van der Waals surface area contributed by atoms with Crippen LogP contribution in [0.3, 0.4) is 0 Å². The number of para-hydroxylation sites is 2. The van der Waals surface area contributed by atoms with Gasteiger partial charge in [-0.25, -0.2) is 4.98 Å². The molecule has 34 heavy (non-hydrogen) atoms. The Kier molecular flexibility index (Phi) is 5.57. The van der Waals surface area contributed by atoms with Gasteiger partial charge in [0, 0.05) is 31.2 Å². The summed E-state index contributed by atoms with van der Waals surface area (Å²) in [4.78, 5) is 20.6. The van der Waals surface area contributed by atoms with Crippen molar-refractivity contribution in [1.29, 1.82) is 0 Å². The second-order valence-corrected chi connectivity index (χ2v) is 8.85. The summed E-state index contributed by atoms with van der Waals surface area (Å²) in [6.45, 7) is 4.06. The van der Waals surface area contributed by atoms with Gasteiger partial charge in [0.25, 0.3) is 5.91 Å². The minimum absolute atomic E-state index is 0.126. The molecule has 5 rings (SSSR count). The number of aromatic nitrogens is 2. The molecule has 0 bridgehead atoms. The first-order valence-corrected chi connectivity index (χ1v) is 11.6. The lowest BCUT2D eigenvalue weighted by Crippen LogP contribution is -2.31. The van der Waals surface area contributed by atoms with Crippen LogP contribution in [0.5, 0.6) is 0 Å². The van der Waals surface area contributed by atoms with Crippen molar-refractivity contribution in [3.8, 4) is 0 Å². The molecule has 0 saturated carbocycles. The first kappa shape index (κ1) is 21.8. The molecule has 0 unspecified atom stereocenters. The summed E-state index contributed by atoms with van der Waals surface area (Å²) in [7, 11) is 4.04. The normalized spacial score (nSPS) is 15.1. The van der Waals surface area contributed by atoms with Gasteiger partial charge in [-0.05, 0) is 60.9 Å². The van der Waals surface area contributed by atoms with Gasteiger partial charge in [-0.2, -0.15) is 0 Å². The van der Waals surface area contributed by atoms with Crippen LogP contribution < -0.4 is 15.5 Å². The number of aryl methyl sites for hydroxylation is 1. The highest BCUT2D eigenvalue weighted by Crippen LogP contribution is 2.39. The maximum atomic E-state index is 13.7. The average Bonchev–Trinajstić information content (AvgIpc) is 3.21. The van der Waals surface area contributed by atoms with Gasteiger partial charge in [0.2, 0.25) is 5.95 Å². The monoisotopic (exact) mass is 451 g/mol. The fourth-order valence-corrected chi connectivity index (χ4v) is 4.55. The van der Waals surface area contributed by atoms with Crippen molar-refractivity contribution in [2.24, 2.45) is 0 Å². The Morgan fingerprint density at radius 1 is 1.03 bits per heavy atom. The molecule has 0 spiro atoms. The standard InChI is InChI=1S/C28H29N5O/c1-5-19-10-14-21(15-11-19)30-27(34)25-18(2)29-28-31-23-8-6-7-9-24(23)33(28)26(25)20-12-16-22(17-13-20)32(3)4/h6-17,26H,5H2,1-4H3,(H,29,31)(H,30,34)/t26-/m0/s1. The van der Waals surface area contributed by atoms with E-state index in [9.17, 15) is 4.79 Å². The number of amides is 1. The number of allylic oxidation sites excluding steroid dienone is 1. The summed E-state index contributed by atoms with van der Waals surface area (Å²) in [5.41, 5.74) is 7.51. The summed E-state index contributed by atoms with van der Waals surface area (Å²) in [6.07, 6.45) is 0.962. The van der Waals surface area contributed by atoms with Gasteiger partial charge < -0.3 is 15.5 Å². The number of carbonyl (C=O) groups is 1. The van der Waals surface area contributed by atoms with Gasteiger partial charge in [-0.15, -0.1) is 0 Å². The SMILES string of the molecule is CCc1ccc(NC(=O)C2=C(C)Nc3nc4ccccc4n3[C@H]2c2ccc(N(C)C)cc2)cc1. The number of nitrogens with one attached hydrogen (secondary N) is 2. The van der Waals surface area contributed by atoms with E-state index in [1.807, 2.05) is 57.4 Å². The number of imidazole rings is 1. The number of benzene rings is 3. The zero-order valence-electron chi connectivity index (χ0n) is 20.0. The van der Waals surface area contributed by atoms with Crippen LogP contribution in [0.4, 0.5) is 17.3 Å². The molecule has 1 atom stereocenters. The zero-order valence-corrected chi connectivity index (χ0v) is 20.0. The lowest BCUT2D eigenvalue weighted by Gasteiger charge is -2.31. The van der Waals surface area contributed by atoms with Crippen molar-refractivity contribution in [2.75, 3.05) is 29.6 Å². The summed E-state index contributed by atoms with van der Waals surface area (Å²) < 4.78 is 2.13. The highest BCUT2D eigenvalue weighted by atomic mass is 16.1. The van der Waals surface area contributed by atoms with E-state index in [0.717, 1.165) is 46.0 Å². The van der Waals surface area contributed by atoms with Gasteiger partial charge >= 0.3 is 0 Å². The maximum Gasteiger partial charge on any atom is 0.255 e. The zero-order chi connectivity index (χ0) is 23.8. The predicted molar refractivity (Wildman–Crippen MR) is 139 cm³/mol. The number of fused-ring (bicyclic) bond motifs is 3. The van der Waals surface area contributed by atoms with Gasteiger partial charge in [0.05, 0.1) is 22.6 Å². The molecule has 1 aliphatic rings. The highest BCUT2D eigenvalue weighted by Gasteiger charge is 2.34. The molecule has 0 saturated heterocycles. The minimum atomic E-state index is -0.310. The topological polar surface area (TPSA) is 62.2 Å². The van der Waals surface area contributed by atoms with Crippen LogP contribution in [0, 0.1) is 0 Å². The lowest BCUT2D eigenvalue weighted by atomic mass is 9.94. The molecule has 1 aliphatic heterocycles. The van der Waals surface area contributed by atoms with Crippen molar-refractivity contribution < 1.29 is 4.79 Å². The van der Waals surface area contributed by atoms with Crippen molar-refractivity contribution >= 4 is 34.3 Å². The molecule has 3 aromatic carbocycles. The first-order chi connectivity index (χ1) is 16.5. The summed E-state index contributed by atoms with van der Waals surface area (Å²) in [5, 5.41) is 6.49. The fourth-order valence-electron chi connectivity index (χ4n) is 4.55. The Morgan fingerprint density at radius 2 is 1.74 bits per heavy atom. The van der Waals surface area contributed by atoms with Crippen LogP contribution in [-0.4, -0.2) is 29.6 Å². The second-order valence-electron chi connectivity index (χ2n) is 8.85. The van der Waals surface area contributed by atoms with Gasteiger partial charge in [-0.3, -0.25) is 9.36 Å². The molecule has 1 amide bonds. The van der Waals surface area contributed by atoms with E-state index in [4.69, 9.17) is 4.98 Å². The Labute approximate surface area is 199 Å². The van der Waals surface area contributed by atoms with Crippen molar-refractivity contribution in [3.05, 3.63) is 95.2 Å². The van der Waals surface area contributed by atoms with Crippen LogP contribution in [0.15, 0.2) is 84.1 Å². The van der Waals surface area contributed by atoms with Crippen molar-refractivity contribution in [3.63, 3.8) is 0 Å². The van der Waals surface area contributed by atoms with E-state index in [1.165, 1.54) is 5.56 Å². The number of nitrogens with zero attached hydrogens (tertiary/aromatic N) is 3. The third-order valence-electron chi connectivity index (χ3n) is 6.42. The molecule has 4 aromatic rings. The molecule has 2 N–H and O–H groups in total. The predicted octanol–water partition coefficient (Wildman–Crippen LogP) is 5.59. The molecule has 0 aliphatic carbocycles. The van der Waals surface area contributed by atoms with Gasteiger partial charge in [0.1, 0.15) is 0 Å². The molecule has 1 aromatic heterocycles. The van der Waals surface area contributed by atoms with Gasteiger partial charge in [0.15, 0.2) is 0 Å². The molecule has 0 radical (unpaired) electrons. The Morgan fingerprint density at radius 3 is 2.41 bits per heavy atom. The third kappa shape index (κ3) is 3.81. The van der Waals surface area contributed by atoms with E-state index in [2.05, 4.69) is 63.4 Å². The average molecular weight is 452 g/mol. The van der Waals surface area contributed by atoms with E-state index in [1.54, 1.807) is 0 Å². The molecular formula is C28H29N5O. The second kappa shape index (κ2) is 8.71. The van der Waals surface area contributed by atoms with Crippen LogP contribution >= 0.6 is 0 Å². The number of carbonyl (C=O) groups excluding carboxylic acids is 1. The largest absolute Gasteiger partial charge is 0.378 e. The van der Waals surface area contributed by atoms with Crippen LogP contribution in [-0.2, 0) is 11.2 Å². The Bertz CT molecular complexity index is 1380. The van der Waals surface area contributed by atoms with E-state index in [0.29, 0.717) is 5.57 Å². The van der Waals surface area contributed by atoms with Crippen LogP contribution in [0.1, 0.15) is 31.0 Å². The summed E-state index contributed by atoms with van der Waals surface area (Å²) in [5.74, 6) is 0.614. The first-order valence-electron chi connectivity index (χ1n) is 11.6. The molecule has 6 heteroatoms. The van der Waals surface area contributed by atoms with Crippen LogP contribution in [0.2, 0.25) is 0 Å². The minimum Gasteiger partial charge on any atom is -0.378 e. The molecule has 172 valence electrons. The Balaban J connectivity index is 1.61. The molecular weight excluding hydrogens is 422 g/mol. The maximum absolute atomic E-state index is 13.7. The quantitative estimate of drug-likeness (QED) is 0.415. The van der Waals surface area contributed by atoms with Crippen molar-refractivity contribution in [2.45, 2.75) is 26.3 Å². The number of anilines is 3.